The number of aryl methyl sites for hydroxylation is 1. The van der Waals surface area contributed by atoms with Gasteiger partial charge in [0.25, 0.3) is 11.8 Å². The lowest BCUT2D eigenvalue weighted by Gasteiger charge is -2.21. The zero-order valence-electron chi connectivity index (χ0n) is 16.7. The molecule has 1 aliphatic heterocycles. The predicted octanol–water partition coefficient (Wildman–Crippen LogP) is 2.86. The van der Waals surface area contributed by atoms with Crippen molar-refractivity contribution in [3.63, 3.8) is 0 Å². The number of amides is 4. The van der Waals surface area contributed by atoms with E-state index in [4.69, 9.17) is 4.74 Å². The molecule has 0 spiro atoms. The van der Waals surface area contributed by atoms with Crippen molar-refractivity contribution in [2.45, 2.75) is 19.4 Å². The summed E-state index contributed by atoms with van der Waals surface area (Å²) in [5.74, 6) is -0.0686. The van der Waals surface area contributed by atoms with Gasteiger partial charge in [-0.1, -0.05) is 12.1 Å². The molecule has 1 unspecified atom stereocenters. The number of pyridine rings is 1. The van der Waals surface area contributed by atoms with E-state index < -0.39 is 17.5 Å². The van der Waals surface area contributed by atoms with E-state index in [2.05, 4.69) is 20.9 Å². The number of nitrogens with zero attached hydrogens (tertiary/aromatic N) is 1. The Hall–Kier alpha value is -3.94. The highest BCUT2D eigenvalue weighted by Crippen LogP contribution is 2.27. The van der Waals surface area contributed by atoms with Gasteiger partial charge in [0, 0.05) is 17.1 Å². The van der Waals surface area contributed by atoms with Gasteiger partial charge in [0.2, 0.25) is 0 Å². The fourth-order valence-electron chi connectivity index (χ4n) is 3.45. The molecule has 0 bridgehead atoms. The minimum Gasteiger partial charge on any atom is -0.497 e. The summed E-state index contributed by atoms with van der Waals surface area (Å²) < 4.78 is 5.22. The highest BCUT2D eigenvalue weighted by atomic mass is 16.5. The molecule has 152 valence electrons. The van der Waals surface area contributed by atoms with Crippen LogP contribution in [0, 0.1) is 6.92 Å². The molecule has 4 rings (SSSR count). The number of carbonyl (C=O) groups excluding carboxylic acids is 3. The Morgan fingerprint density at radius 1 is 1.13 bits per heavy atom. The van der Waals surface area contributed by atoms with Crippen LogP contribution in [0.15, 0.2) is 48.5 Å². The predicted molar refractivity (Wildman–Crippen MR) is 111 cm³/mol. The summed E-state index contributed by atoms with van der Waals surface area (Å²) in [5, 5.41) is 8.51. The second-order valence-corrected chi connectivity index (χ2v) is 7.25. The van der Waals surface area contributed by atoms with E-state index in [0.29, 0.717) is 28.3 Å². The van der Waals surface area contributed by atoms with Gasteiger partial charge < -0.3 is 15.4 Å². The van der Waals surface area contributed by atoms with Crippen LogP contribution in [-0.2, 0) is 10.3 Å². The van der Waals surface area contributed by atoms with E-state index in [0.717, 1.165) is 10.9 Å². The van der Waals surface area contributed by atoms with Crippen molar-refractivity contribution in [3.8, 4) is 5.75 Å². The molecule has 1 atom stereocenters. The van der Waals surface area contributed by atoms with Crippen LogP contribution >= 0.6 is 0 Å². The van der Waals surface area contributed by atoms with Crippen LogP contribution in [0.5, 0.6) is 5.75 Å². The minimum atomic E-state index is -1.20. The SMILES string of the molecule is COc1ccc2cc(C(=O)Nc3cccc(C4(C)NC(=O)NC4=O)c3)c(C)nc2c1. The topological polar surface area (TPSA) is 109 Å². The van der Waals surface area contributed by atoms with E-state index in [1.807, 2.05) is 18.2 Å². The Balaban J connectivity index is 1.62. The molecule has 4 amide bonds. The van der Waals surface area contributed by atoms with Crippen molar-refractivity contribution in [1.29, 1.82) is 0 Å². The maximum Gasteiger partial charge on any atom is 0.322 e. The summed E-state index contributed by atoms with van der Waals surface area (Å²) in [6.07, 6.45) is 0. The summed E-state index contributed by atoms with van der Waals surface area (Å²) in [6.45, 7) is 3.38. The van der Waals surface area contributed by atoms with Crippen LogP contribution in [0.3, 0.4) is 0 Å². The second kappa shape index (κ2) is 7.14. The van der Waals surface area contributed by atoms with Gasteiger partial charge in [0.1, 0.15) is 11.3 Å². The third kappa shape index (κ3) is 3.32. The molecular weight excluding hydrogens is 384 g/mol. The van der Waals surface area contributed by atoms with Crippen molar-refractivity contribution in [1.82, 2.24) is 15.6 Å². The molecule has 2 heterocycles. The van der Waals surface area contributed by atoms with Crippen molar-refractivity contribution in [2.75, 3.05) is 12.4 Å². The summed E-state index contributed by atoms with van der Waals surface area (Å²) in [4.78, 5) is 41.1. The number of anilines is 1. The van der Waals surface area contributed by atoms with Crippen LogP contribution in [0.4, 0.5) is 10.5 Å². The largest absolute Gasteiger partial charge is 0.497 e. The lowest BCUT2D eigenvalue weighted by atomic mass is 9.92. The van der Waals surface area contributed by atoms with E-state index in [-0.39, 0.29) is 5.91 Å². The third-order valence-electron chi connectivity index (χ3n) is 5.20. The lowest BCUT2D eigenvalue weighted by Crippen LogP contribution is -2.40. The molecule has 8 nitrogen and oxygen atoms in total. The van der Waals surface area contributed by atoms with Crippen molar-refractivity contribution >= 4 is 34.4 Å². The van der Waals surface area contributed by atoms with Gasteiger partial charge in [-0.25, -0.2) is 4.79 Å². The van der Waals surface area contributed by atoms with Gasteiger partial charge in [0.05, 0.1) is 23.9 Å². The van der Waals surface area contributed by atoms with Crippen molar-refractivity contribution in [3.05, 3.63) is 65.4 Å². The van der Waals surface area contributed by atoms with Crippen LogP contribution in [0.25, 0.3) is 10.9 Å². The van der Waals surface area contributed by atoms with E-state index in [1.165, 1.54) is 0 Å². The van der Waals surface area contributed by atoms with Gasteiger partial charge in [-0.2, -0.15) is 0 Å². The number of rotatable bonds is 4. The minimum absolute atomic E-state index is 0.320. The summed E-state index contributed by atoms with van der Waals surface area (Å²) >= 11 is 0. The average molecular weight is 404 g/mol. The van der Waals surface area contributed by atoms with Gasteiger partial charge >= 0.3 is 6.03 Å². The number of ether oxygens (including phenoxy) is 1. The molecule has 1 fully saturated rings. The molecule has 1 saturated heterocycles. The molecule has 1 aliphatic rings. The molecule has 0 radical (unpaired) electrons. The molecule has 3 aromatic rings. The summed E-state index contributed by atoms with van der Waals surface area (Å²) in [7, 11) is 1.59. The van der Waals surface area contributed by atoms with E-state index in [1.54, 1.807) is 51.3 Å². The molecule has 8 heteroatoms. The lowest BCUT2D eigenvalue weighted by molar-refractivity contribution is -0.123. The zero-order valence-corrected chi connectivity index (χ0v) is 16.7. The molecule has 30 heavy (non-hydrogen) atoms. The number of carbonyl (C=O) groups is 3. The molecule has 2 aromatic carbocycles. The first-order chi connectivity index (χ1) is 14.3. The number of imide groups is 1. The third-order valence-corrected chi connectivity index (χ3v) is 5.20. The van der Waals surface area contributed by atoms with Gasteiger partial charge in [-0.3, -0.25) is 19.9 Å². The smallest absolute Gasteiger partial charge is 0.322 e. The second-order valence-electron chi connectivity index (χ2n) is 7.25. The number of hydrogen-bond donors (Lipinski definition) is 3. The van der Waals surface area contributed by atoms with E-state index in [9.17, 15) is 14.4 Å². The Morgan fingerprint density at radius 3 is 2.63 bits per heavy atom. The average Bonchev–Trinajstić information content (AvgIpc) is 2.99. The first kappa shape index (κ1) is 19.4. The maximum absolute atomic E-state index is 12.9. The Labute approximate surface area is 172 Å². The fourth-order valence-corrected chi connectivity index (χ4v) is 3.45. The normalized spacial score (nSPS) is 18.1. The van der Waals surface area contributed by atoms with Gasteiger partial charge in [-0.05, 0) is 49.7 Å². The number of urea groups is 1. The molecule has 1 aromatic heterocycles. The van der Waals surface area contributed by atoms with Crippen LogP contribution in [0.1, 0.15) is 28.5 Å². The number of hydrogen-bond acceptors (Lipinski definition) is 5. The fraction of sp³-hybridized carbons (Fsp3) is 0.182. The molecule has 0 saturated carbocycles. The van der Waals surface area contributed by atoms with Gasteiger partial charge in [-0.15, -0.1) is 0 Å². The van der Waals surface area contributed by atoms with E-state index >= 15 is 0 Å². The van der Waals surface area contributed by atoms with Crippen molar-refractivity contribution in [2.24, 2.45) is 0 Å². The standard InChI is InChI=1S/C22H20N4O4/c1-12-17(9-13-7-8-16(30-3)11-18(13)23-12)19(27)24-15-6-4-5-14(10-15)22(2)20(28)25-21(29)26-22/h4-11H,1-3H3,(H,24,27)(H2,25,26,28,29). The summed E-state index contributed by atoms with van der Waals surface area (Å²) in [6, 6.07) is 13.5. The Morgan fingerprint density at radius 2 is 1.93 bits per heavy atom. The van der Waals surface area contributed by atoms with Crippen LogP contribution < -0.4 is 20.7 Å². The first-order valence-corrected chi connectivity index (χ1v) is 9.31. The van der Waals surface area contributed by atoms with Gasteiger partial charge in [0.15, 0.2) is 0 Å². The molecule has 0 aliphatic carbocycles. The number of benzene rings is 2. The zero-order chi connectivity index (χ0) is 21.5. The Kier molecular flexibility index (Phi) is 4.62. The number of aromatic nitrogens is 1. The highest BCUT2D eigenvalue weighted by molar-refractivity contribution is 6.08. The number of fused-ring (bicyclic) bond motifs is 1. The van der Waals surface area contributed by atoms with Crippen molar-refractivity contribution < 1.29 is 19.1 Å². The number of methoxy groups -OCH3 is 1. The highest BCUT2D eigenvalue weighted by Gasteiger charge is 2.43. The first-order valence-electron chi connectivity index (χ1n) is 9.31. The molecular formula is C22H20N4O4. The van der Waals surface area contributed by atoms with Crippen LogP contribution in [0.2, 0.25) is 0 Å². The summed E-state index contributed by atoms with van der Waals surface area (Å²) in [5.41, 5.74) is 1.62. The Bertz CT molecular complexity index is 1210. The maximum atomic E-state index is 12.9. The molecule has 3 N–H and O–H groups in total. The van der Waals surface area contributed by atoms with Crippen LogP contribution in [-0.4, -0.2) is 29.9 Å². The monoisotopic (exact) mass is 404 g/mol. The number of nitrogens with one attached hydrogen (secondary N) is 3. The quantitative estimate of drug-likeness (QED) is 0.580.